The van der Waals surface area contributed by atoms with Crippen LogP contribution in [0.15, 0.2) is 40.3 Å². The number of aromatic nitrogens is 4. The van der Waals surface area contributed by atoms with Crippen LogP contribution in [0.4, 0.5) is 0 Å². The molecule has 1 aromatic carbocycles. The predicted molar refractivity (Wildman–Crippen MR) is 97.7 cm³/mol. The number of fused-ring (bicyclic) bond motifs is 1. The first kappa shape index (κ1) is 17.2. The maximum Gasteiger partial charge on any atom is 0.328 e. The maximum absolute atomic E-state index is 12.9. The Bertz CT molecular complexity index is 1160. The summed E-state index contributed by atoms with van der Waals surface area (Å²) in [6.45, 7) is 1.86. The molecule has 2 N–H and O–H groups in total. The third kappa shape index (κ3) is 2.85. The second kappa shape index (κ2) is 6.20. The van der Waals surface area contributed by atoms with Gasteiger partial charge in [0, 0.05) is 37.5 Å². The molecule has 0 bridgehead atoms. The lowest BCUT2D eigenvalue weighted by Crippen LogP contribution is -2.37. The van der Waals surface area contributed by atoms with Gasteiger partial charge in [-0.15, -0.1) is 0 Å². The topological polar surface area (TPSA) is 113 Å². The first-order chi connectivity index (χ1) is 12.8. The van der Waals surface area contributed by atoms with Crippen LogP contribution in [-0.2, 0) is 7.05 Å². The normalized spacial score (nSPS) is 19.7. The molecule has 2 atom stereocenters. The van der Waals surface area contributed by atoms with Crippen molar-refractivity contribution in [3.05, 3.63) is 62.7 Å². The van der Waals surface area contributed by atoms with Crippen molar-refractivity contribution in [1.29, 1.82) is 0 Å². The number of rotatable bonds is 2. The number of carbonyl (C=O) groups is 1. The summed E-state index contributed by atoms with van der Waals surface area (Å²) in [6.07, 6.45) is 2.19. The van der Waals surface area contributed by atoms with Crippen LogP contribution >= 0.6 is 0 Å². The van der Waals surface area contributed by atoms with Gasteiger partial charge in [-0.2, -0.15) is 0 Å². The van der Waals surface area contributed by atoms with Gasteiger partial charge in [-0.25, -0.2) is 9.78 Å². The number of amides is 1. The molecule has 3 heterocycles. The number of nitrogens with one attached hydrogen (secondary N) is 1. The Balaban J connectivity index is 1.62. The number of hydrogen-bond donors (Lipinski definition) is 2. The van der Waals surface area contributed by atoms with Gasteiger partial charge in [0.05, 0.1) is 29.5 Å². The highest BCUT2D eigenvalue weighted by Gasteiger charge is 2.36. The Hall–Kier alpha value is -3.20. The van der Waals surface area contributed by atoms with E-state index in [0.717, 1.165) is 5.52 Å². The largest absolute Gasteiger partial charge is 0.389 e. The van der Waals surface area contributed by atoms with Crippen molar-refractivity contribution < 1.29 is 9.90 Å². The number of aryl methyl sites for hydroxylation is 2. The van der Waals surface area contributed by atoms with Crippen LogP contribution in [0.3, 0.4) is 0 Å². The summed E-state index contributed by atoms with van der Waals surface area (Å²) in [7, 11) is 1.88. The number of hydrogen-bond acceptors (Lipinski definition) is 5. The minimum Gasteiger partial charge on any atom is -0.389 e. The van der Waals surface area contributed by atoms with Gasteiger partial charge in [0.15, 0.2) is 0 Å². The van der Waals surface area contributed by atoms with Crippen LogP contribution in [0.5, 0.6) is 0 Å². The number of carbonyl (C=O) groups excluding carboxylic acids is 1. The quantitative estimate of drug-likeness (QED) is 0.649. The summed E-state index contributed by atoms with van der Waals surface area (Å²) in [5.41, 5.74) is 1.42. The van der Waals surface area contributed by atoms with Crippen LogP contribution in [-0.4, -0.2) is 54.2 Å². The SMILES string of the molecule is Cc1cn([C@@H]2CN(C(=O)c3ccc4c(c3)ncn4C)C[C@H]2O)c(=O)[nH]c1=O. The van der Waals surface area contributed by atoms with Crippen molar-refractivity contribution in [3.8, 4) is 0 Å². The average Bonchev–Trinajstić information content (AvgIpc) is 3.20. The van der Waals surface area contributed by atoms with E-state index in [1.54, 1.807) is 25.4 Å². The Kier molecular flexibility index (Phi) is 3.96. The van der Waals surface area contributed by atoms with Crippen LogP contribution in [0.25, 0.3) is 11.0 Å². The minimum absolute atomic E-state index is 0.106. The van der Waals surface area contributed by atoms with Gasteiger partial charge in [-0.05, 0) is 25.1 Å². The summed E-state index contributed by atoms with van der Waals surface area (Å²) >= 11 is 0. The number of imidazole rings is 1. The Morgan fingerprint density at radius 3 is 2.85 bits per heavy atom. The molecule has 27 heavy (non-hydrogen) atoms. The molecule has 0 spiro atoms. The molecule has 2 aromatic heterocycles. The fourth-order valence-corrected chi connectivity index (χ4v) is 3.49. The molecule has 0 saturated carbocycles. The minimum atomic E-state index is -0.907. The van der Waals surface area contributed by atoms with Crippen molar-refractivity contribution in [2.45, 2.75) is 19.1 Å². The zero-order valence-electron chi connectivity index (χ0n) is 14.9. The fraction of sp³-hybridized carbons (Fsp3) is 0.333. The van der Waals surface area contributed by atoms with Crippen molar-refractivity contribution in [1.82, 2.24) is 24.0 Å². The molecule has 3 aromatic rings. The van der Waals surface area contributed by atoms with Gasteiger partial charge in [-0.3, -0.25) is 19.1 Å². The summed E-state index contributed by atoms with van der Waals surface area (Å²) < 4.78 is 3.15. The van der Waals surface area contributed by atoms with Crippen molar-refractivity contribution in [2.75, 3.05) is 13.1 Å². The Morgan fingerprint density at radius 2 is 2.07 bits per heavy atom. The van der Waals surface area contributed by atoms with E-state index >= 15 is 0 Å². The number of β-amino-alcohol motifs (C(OH)–C–C–N with tert-alkyl or cyclic N) is 1. The molecule has 1 aliphatic rings. The number of aromatic amines is 1. The first-order valence-corrected chi connectivity index (χ1v) is 8.55. The summed E-state index contributed by atoms with van der Waals surface area (Å²) in [5.74, 6) is -0.238. The molecule has 1 amide bonds. The molecule has 140 valence electrons. The number of nitrogens with zero attached hydrogens (tertiary/aromatic N) is 4. The van der Waals surface area contributed by atoms with Crippen LogP contribution in [0, 0.1) is 6.92 Å². The molecule has 4 rings (SSSR count). The molecular formula is C18H19N5O4. The van der Waals surface area contributed by atoms with E-state index in [2.05, 4.69) is 9.97 Å². The molecule has 9 nitrogen and oxygen atoms in total. The molecule has 0 radical (unpaired) electrons. The second-order valence-corrected chi connectivity index (χ2v) is 6.88. The smallest absolute Gasteiger partial charge is 0.328 e. The second-order valence-electron chi connectivity index (χ2n) is 6.88. The van der Waals surface area contributed by atoms with Crippen molar-refractivity contribution in [2.24, 2.45) is 7.05 Å². The summed E-state index contributed by atoms with van der Waals surface area (Å²) in [5, 5.41) is 10.4. The van der Waals surface area contributed by atoms with Gasteiger partial charge in [0.1, 0.15) is 0 Å². The molecule has 1 saturated heterocycles. The summed E-state index contributed by atoms with van der Waals surface area (Å²) in [6, 6.07) is 4.65. The van der Waals surface area contributed by atoms with E-state index in [1.165, 1.54) is 15.7 Å². The van der Waals surface area contributed by atoms with Gasteiger partial charge in [-0.1, -0.05) is 0 Å². The predicted octanol–water partition coefficient (Wildman–Crippen LogP) is -0.210. The number of aliphatic hydroxyl groups is 1. The van der Waals surface area contributed by atoms with Gasteiger partial charge in [0.25, 0.3) is 11.5 Å². The zero-order valence-corrected chi connectivity index (χ0v) is 14.9. The van der Waals surface area contributed by atoms with Crippen LogP contribution < -0.4 is 11.2 Å². The number of benzene rings is 1. The molecule has 0 aliphatic carbocycles. The third-order valence-electron chi connectivity index (χ3n) is 5.02. The van der Waals surface area contributed by atoms with Crippen molar-refractivity contribution in [3.63, 3.8) is 0 Å². The highest BCUT2D eigenvalue weighted by molar-refractivity contribution is 5.97. The number of H-pyrrole nitrogens is 1. The number of likely N-dealkylation sites (tertiary alicyclic amines) is 1. The molecule has 1 fully saturated rings. The monoisotopic (exact) mass is 369 g/mol. The van der Waals surface area contributed by atoms with E-state index in [-0.39, 0.29) is 19.0 Å². The van der Waals surface area contributed by atoms with E-state index in [9.17, 15) is 19.5 Å². The Morgan fingerprint density at radius 1 is 1.30 bits per heavy atom. The molecular weight excluding hydrogens is 350 g/mol. The third-order valence-corrected chi connectivity index (χ3v) is 5.02. The highest BCUT2D eigenvalue weighted by Crippen LogP contribution is 2.23. The van der Waals surface area contributed by atoms with E-state index in [0.29, 0.717) is 16.6 Å². The fourth-order valence-electron chi connectivity index (χ4n) is 3.49. The lowest BCUT2D eigenvalue weighted by molar-refractivity contribution is 0.0765. The lowest BCUT2D eigenvalue weighted by Gasteiger charge is -2.18. The van der Waals surface area contributed by atoms with Crippen LogP contribution in [0.1, 0.15) is 22.0 Å². The van der Waals surface area contributed by atoms with Gasteiger partial charge in [0.2, 0.25) is 0 Å². The van der Waals surface area contributed by atoms with E-state index in [1.807, 2.05) is 17.7 Å². The van der Waals surface area contributed by atoms with Crippen LogP contribution in [0.2, 0.25) is 0 Å². The lowest BCUT2D eigenvalue weighted by atomic mass is 10.1. The standard InChI is InChI=1S/C18H19N5O4/c1-10-6-23(18(27)20-16(10)25)14-7-22(8-15(14)24)17(26)11-3-4-13-12(5-11)19-9-21(13)2/h3-6,9,14-15,24H,7-8H2,1-2H3,(H,20,25,27)/t14-,15-/m1/s1. The summed E-state index contributed by atoms with van der Waals surface area (Å²) in [4.78, 5) is 44.5. The number of aliphatic hydroxyl groups excluding tert-OH is 1. The Labute approximate surface area is 153 Å². The highest BCUT2D eigenvalue weighted by atomic mass is 16.3. The maximum atomic E-state index is 12.9. The van der Waals surface area contributed by atoms with Gasteiger partial charge >= 0.3 is 5.69 Å². The van der Waals surface area contributed by atoms with Crippen molar-refractivity contribution >= 4 is 16.9 Å². The molecule has 1 aliphatic heterocycles. The van der Waals surface area contributed by atoms with E-state index in [4.69, 9.17) is 0 Å². The average molecular weight is 369 g/mol. The molecule has 0 unspecified atom stereocenters. The molecule has 9 heteroatoms. The van der Waals surface area contributed by atoms with Gasteiger partial charge < -0.3 is 14.6 Å². The van der Waals surface area contributed by atoms with E-state index < -0.39 is 23.4 Å². The first-order valence-electron chi connectivity index (χ1n) is 8.55. The zero-order chi connectivity index (χ0) is 19.3.